The Hall–Kier alpha value is -3.42. The van der Waals surface area contributed by atoms with Crippen molar-refractivity contribution in [3.8, 4) is 0 Å². The highest BCUT2D eigenvalue weighted by Crippen LogP contribution is 2.27. The maximum Gasteiger partial charge on any atom is 0.420 e. The van der Waals surface area contributed by atoms with E-state index in [1.807, 2.05) is 54.3 Å². The molecule has 4 aromatic rings. The molecule has 2 aromatic carbocycles. The number of hydrogen-bond donors (Lipinski definition) is 0. The third kappa shape index (κ3) is 2.91. The summed E-state index contributed by atoms with van der Waals surface area (Å²) in [7, 11) is 0. The summed E-state index contributed by atoms with van der Waals surface area (Å²) >= 11 is 0. The fourth-order valence-electron chi connectivity index (χ4n) is 4.22. The lowest BCUT2D eigenvalue weighted by Crippen LogP contribution is -2.43. The fraction of sp³-hybridized carbons (Fsp3) is 0.333. The predicted molar refractivity (Wildman–Crippen MR) is 108 cm³/mol. The summed E-state index contributed by atoms with van der Waals surface area (Å²) < 4.78 is 8.77. The summed E-state index contributed by atoms with van der Waals surface area (Å²) in [4.78, 5) is 27.3. The molecule has 2 aromatic heterocycles. The average molecular weight is 391 g/mol. The number of carbonyl (C=O) groups excluding carboxylic acids is 1. The van der Waals surface area contributed by atoms with Crippen LogP contribution in [0, 0.1) is 0 Å². The Bertz CT molecular complexity index is 1250. The van der Waals surface area contributed by atoms with Crippen LogP contribution in [-0.4, -0.2) is 43.5 Å². The molecule has 0 N–H and O–H groups in total. The summed E-state index contributed by atoms with van der Waals surface area (Å²) in [6.07, 6.45) is 1.42. The fourth-order valence-corrected chi connectivity index (χ4v) is 4.22. The first kappa shape index (κ1) is 17.7. The van der Waals surface area contributed by atoms with Crippen molar-refractivity contribution in [2.24, 2.45) is 0 Å². The highest BCUT2D eigenvalue weighted by atomic mass is 16.4. The molecule has 1 aliphatic rings. The van der Waals surface area contributed by atoms with E-state index in [0.29, 0.717) is 31.5 Å². The summed E-state index contributed by atoms with van der Waals surface area (Å²) in [6.45, 7) is 3.03. The van der Waals surface area contributed by atoms with Crippen LogP contribution in [0.3, 0.4) is 0 Å². The van der Waals surface area contributed by atoms with Gasteiger partial charge < -0.3 is 9.32 Å². The van der Waals surface area contributed by atoms with Gasteiger partial charge in [-0.05, 0) is 44.0 Å². The third-order valence-corrected chi connectivity index (χ3v) is 5.76. The second kappa shape index (κ2) is 6.88. The lowest BCUT2D eigenvalue weighted by molar-refractivity contribution is -0.135. The smallest absolute Gasteiger partial charge is 0.408 e. The number of carbonyl (C=O) groups is 1. The van der Waals surface area contributed by atoms with Gasteiger partial charge in [-0.15, -0.1) is 5.10 Å². The maximum atomic E-state index is 13.1. The minimum absolute atomic E-state index is 0.0171. The molecule has 1 aliphatic heterocycles. The number of likely N-dealkylation sites (tertiary alicyclic amines) is 1. The molecule has 1 amide bonds. The number of oxazole rings is 1. The number of benzene rings is 2. The number of para-hydroxylation sites is 3. The van der Waals surface area contributed by atoms with Crippen LogP contribution in [0.2, 0.25) is 0 Å². The van der Waals surface area contributed by atoms with Crippen molar-refractivity contribution >= 4 is 28.0 Å². The van der Waals surface area contributed by atoms with Crippen LogP contribution in [0.15, 0.2) is 57.7 Å². The van der Waals surface area contributed by atoms with Crippen molar-refractivity contribution in [3.63, 3.8) is 0 Å². The van der Waals surface area contributed by atoms with Crippen LogP contribution in [0.25, 0.3) is 22.1 Å². The summed E-state index contributed by atoms with van der Waals surface area (Å²) in [5.74, 6) is -0.318. The molecule has 1 atom stereocenters. The average Bonchev–Trinajstić information content (AvgIpc) is 3.33. The Labute approximate surface area is 166 Å². The van der Waals surface area contributed by atoms with Crippen molar-refractivity contribution in [1.82, 2.24) is 24.5 Å². The topological polar surface area (TPSA) is 86.2 Å². The van der Waals surface area contributed by atoms with Crippen LogP contribution in [0.1, 0.15) is 31.8 Å². The van der Waals surface area contributed by atoms with Gasteiger partial charge in [0.1, 0.15) is 11.6 Å². The van der Waals surface area contributed by atoms with Gasteiger partial charge in [0.05, 0.1) is 11.0 Å². The Morgan fingerprint density at radius 1 is 1.07 bits per heavy atom. The van der Waals surface area contributed by atoms with Gasteiger partial charge in [0.2, 0.25) is 5.91 Å². The zero-order valence-corrected chi connectivity index (χ0v) is 16.1. The van der Waals surface area contributed by atoms with Crippen LogP contribution < -0.4 is 5.76 Å². The van der Waals surface area contributed by atoms with Gasteiger partial charge in [-0.3, -0.25) is 9.36 Å². The standard InChI is InChI=1S/C21H21N5O3/c1-14(26-17-7-3-2-6-16(17)22-23-26)20(27)24-12-10-15(11-13-24)25-18-8-4-5-9-19(18)29-21(25)28/h2-9,14-15H,10-13H2,1H3/t14-/m1/s1. The van der Waals surface area contributed by atoms with Crippen molar-refractivity contribution in [3.05, 3.63) is 59.1 Å². The second-order valence-corrected chi connectivity index (χ2v) is 7.46. The first-order chi connectivity index (χ1) is 14.1. The Kier molecular flexibility index (Phi) is 4.19. The van der Waals surface area contributed by atoms with Crippen molar-refractivity contribution in [2.45, 2.75) is 31.8 Å². The molecular weight excluding hydrogens is 370 g/mol. The predicted octanol–water partition coefficient (Wildman–Crippen LogP) is 2.76. The Morgan fingerprint density at radius 3 is 2.55 bits per heavy atom. The first-order valence-electron chi connectivity index (χ1n) is 9.82. The number of rotatable bonds is 3. The van der Waals surface area contributed by atoms with E-state index in [9.17, 15) is 9.59 Å². The molecule has 8 nitrogen and oxygen atoms in total. The molecule has 8 heteroatoms. The highest BCUT2D eigenvalue weighted by molar-refractivity contribution is 5.83. The molecule has 0 unspecified atom stereocenters. The van der Waals surface area contributed by atoms with Crippen LogP contribution in [-0.2, 0) is 4.79 Å². The van der Waals surface area contributed by atoms with Crippen molar-refractivity contribution < 1.29 is 9.21 Å². The van der Waals surface area contributed by atoms with Crippen molar-refractivity contribution in [2.75, 3.05) is 13.1 Å². The van der Waals surface area contributed by atoms with E-state index in [1.165, 1.54) is 0 Å². The van der Waals surface area contributed by atoms with Crippen LogP contribution >= 0.6 is 0 Å². The largest absolute Gasteiger partial charge is 0.420 e. The number of fused-ring (bicyclic) bond motifs is 2. The van der Waals surface area contributed by atoms with E-state index < -0.39 is 6.04 Å². The van der Waals surface area contributed by atoms with Crippen molar-refractivity contribution in [1.29, 1.82) is 0 Å². The molecule has 5 rings (SSSR count). The van der Waals surface area contributed by atoms with E-state index in [4.69, 9.17) is 4.42 Å². The number of amides is 1. The zero-order chi connectivity index (χ0) is 20.0. The molecule has 0 saturated carbocycles. The Balaban J connectivity index is 1.33. The van der Waals surface area contributed by atoms with Gasteiger partial charge in [0.15, 0.2) is 5.58 Å². The van der Waals surface area contributed by atoms with E-state index in [-0.39, 0.29) is 17.7 Å². The Morgan fingerprint density at radius 2 is 1.76 bits per heavy atom. The van der Waals surface area contributed by atoms with Gasteiger partial charge in [-0.25, -0.2) is 9.48 Å². The third-order valence-electron chi connectivity index (χ3n) is 5.76. The molecule has 1 saturated heterocycles. The number of hydrogen-bond acceptors (Lipinski definition) is 5. The molecule has 0 radical (unpaired) electrons. The number of nitrogens with zero attached hydrogens (tertiary/aromatic N) is 5. The van der Waals surface area contributed by atoms with Gasteiger partial charge in [-0.1, -0.05) is 29.5 Å². The van der Waals surface area contributed by atoms with E-state index >= 15 is 0 Å². The SMILES string of the molecule is C[C@H](C(=O)N1CCC(n2c(=O)oc3ccccc32)CC1)n1nnc2ccccc21. The molecule has 0 aliphatic carbocycles. The lowest BCUT2D eigenvalue weighted by atomic mass is 10.0. The highest BCUT2D eigenvalue weighted by Gasteiger charge is 2.30. The van der Waals surface area contributed by atoms with Gasteiger partial charge in [0, 0.05) is 19.1 Å². The monoisotopic (exact) mass is 391 g/mol. The molecule has 3 heterocycles. The summed E-state index contributed by atoms with van der Waals surface area (Å²) in [5, 5.41) is 8.32. The molecule has 0 bridgehead atoms. The van der Waals surface area contributed by atoms with Crippen LogP contribution in [0.4, 0.5) is 0 Å². The van der Waals surface area contributed by atoms with Gasteiger partial charge in [-0.2, -0.15) is 0 Å². The molecule has 29 heavy (non-hydrogen) atoms. The lowest BCUT2D eigenvalue weighted by Gasteiger charge is -2.33. The van der Waals surface area contributed by atoms with Gasteiger partial charge in [0.25, 0.3) is 0 Å². The molecule has 1 fully saturated rings. The minimum atomic E-state index is -0.434. The minimum Gasteiger partial charge on any atom is -0.408 e. The number of piperidine rings is 1. The summed E-state index contributed by atoms with van der Waals surface area (Å²) in [5.41, 5.74) is 3.03. The number of aromatic nitrogens is 4. The maximum absolute atomic E-state index is 13.1. The quantitative estimate of drug-likeness (QED) is 0.536. The van der Waals surface area contributed by atoms with E-state index in [0.717, 1.165) is 16.6 Å². The second-order valence-electron chi connectivity index (χ2n) is 7.46. The molecule has 0 spiro atoms. The van der Waals surface area contributed by atoms with E-state index in [2.05, 4.69) is 10.3 Å². The first-order valence-corrected chi connectivity index (χ1v) is 9.82. The zero-order valence-electron chi connectivity index (χ0n) is 16.1. The normalized spacial score (nSPS) is 16.5. The molecule has 148 valence electrons. The molecular formula is C21H21N5O3. The van der Waals surface area contributed by atoms with Crippen LogP contribution in [0.5, 0.6) is 0 Å². The van der Waals surface area contributed by atoms with E-state index in [1.54, 1.807) is 15.3 Å². The van der Waals surface area contributed by atoms with Gasteiger partial charge >= 0.3 is 5.76 Å². The summed E-state index contributed by atoms with van der Waals surface area (Å²) in [6, 6.07) is 14.7.